The first-order valence-corrected chi connectivity index (χ1v) is 11.0. The number of rotatable bonds is 2. The van der Waals surface area contributed by atoms with Crippen LogP contribution in [-0.2, 0) is 34.0 Å². The number of amides is 2. The Bertz CT molecular complexity index is 1100. The fraction of sp³-hybridized carbons (Fsp3) is 0.500. The standard InChI is InChI=1S/C24H26N2O7/c1-31-19(28)16-14-22-9-8-18(27)25(22)13-12-23(20(29)32-2)15-6-4-5-7-17(15)26(21(30)33-3)24(16,23)11-10-22/h4-9,16H,10-14H2,1-3H3. The molecule has 0 radical (unpaired) electrons. The molecule has 0 N–H and O–H groups in total. The molecule has 0 aromatic heterocycles. The van der Waals surface area contributed by atoms with Crippen LogP contribution in [0.3, 0.4) is 0 Å². The van der Waals surface area contributed by atoms with Gasteiger partial charge in [-0.25, -0.2) is 4.79 Å². The fourth-order valence-electron chi connectivity index (χ4n) is 6.97. The van der Waals surface area contributed by atoms with Crippen molar-refractivity contribution >= 4 is 29.6 Å². The summed E-state index contributed by atoms with van der Waals surface area (Å²) in [5.74, 6) is -2.15. The van der Waals surface area contributed by atoms with E-state index in [1.165, 1.54) is 32.3 Å². The zero-order valence-electron chi connectivity index (χ0n) is 18.8. The molecule has 174 valence electrons. The van der Waals surface area contributed by atoms with Crippen molar-refractivity contribution in [2.24, 2.45) is 5.92 Å². The summed E-state index contributed by atoms with van der Waals surface area (Å²) in [7, 11) is 3.87. The van der Waals surface area contributed by atoms with Crippen molar-refractivity contribution < 1.29 is 33.4 Å². The highest BCUT2D eigenvalue weighted by Crippen LogP contribution is 2.65. The third-order valence-electron chi connectivity index (χ3n) is 8.24. The summed E-state index contributed by atoms with van der Waals surface area (Å²) < 4.78 is 15.8. The van der Waals surface area contributed by atoms with Crippen molar-refractivity contribution in [2.45, 2.75) is 42.2 Å². The van der Waals surface area contributed by atoms with Crippen LogP contribution in [0.5, 0.6) is 0 Å². The molecule has 2 amide bonds. The lowest BCUT2D eigenvalue weighted by Crippen LogP contribution is -2.74. The number of hydrogen-bond donors (Lipinski definition) is 0. The van der Waals surface area contributed by atoms with Crippen LogP contribution in [0.25, 0.3) is 0 Å². The lowest BCUT2D eigenvalue weighted by molar-refractivity contribution is -0.167. The molecule has 5 aliphatic rings. The van der Waals surface area contributed by atoms with E-state index in [0.717, 1.165) is 0 Å². The molecule has 2 spiro atoms. The van der Waals surface area contributed by atoms with Gasteiger partial charge in [-0.05, 0) is 37.3 Å². The monoisotopic (exact) mass is 454 g/mol. The summed E-state index contributed by atoms with van der Waals surface area (Å²) in [5.41, 5.74) is -2.27. The van der Waals surface area contributed by atoms with Crippen molar-refractivity contribution in [1.29, 1.82) is 0 Å². The van der Waals surface area contributed by atoms with Gasteiger partial charge in [0.2, 0.25) is 5.91 Å². The van der Waals surface area contributed by atoms with Gasteiger partial charge in [0.1, 0.15) is 5.41 Å². The van der Waals surface area contributed by atoms with Gasteiger partial charge in [-0.1, -0.05) is 24.3 Å². The van der Waals surface area contributed by atoms with Crippen LogP contribution in [-0.4, -0.2) is 67.8 Å². The Morgan fingerprint density at radius 2 is 1.76 bits per heavy atom. The maximum absolute atomic E-state index is 13.8. The zero-order valence-corrected chi connectivity index (χ0v) is 18.8. The maximum Gasteiger partial charge on any atom is 0.414 e. The number of methoxy groups -OCH3 is 3. The number of esters is 2. The second-order valence-electron chi connectivity index (χ2n) is 9.10. The topological polar surface area (TPSA) is 102 Å². The summed E-state index contributed by atoms with van der Waals surface area (Å²) in [5, 5.41) is 0. The van der Waals surface area contributed by atoms with Gasteiger partial charge >= 0.3 is 18.0 Å². The van der Waals surface area contributed by atoms with Crippen LogP contribution in [0.15, 0.2) is 36.4 Å². The normalized spacial score (nSPS) is 33.5. The van der Waals surface area contributed by atoms with E-state index in [-0.39, 0.29) is 31.7 Å². The number of carbonyl (C=O) groups is 4. The molecule has 1 saturated carbocycles. The smallest absolute Gasteiger partial charge is 0.414 e. The molecule has 4 unspecified atom stereocenters. The van der Waals surface area contributed by atoms with E-state index < -0.39 is 40.4 Å². The number of carbonyl (C=O) groups excluding carboxylic acids is 4. The Morgan fingerprint density at radius 3 is 2.45 bits per heavy atom. The van der Waals surface area contributed by atoms with Gasteiger partial charge in [0.15, 0.2) is 0 Å². The average molecular weight is 454 g/mol. The lowest BCUT2D eigenvalue weighted by atomic mass is 9.51. The Kier molecular flexibility index (Phi) is 4.60. The Hall–Kier alpha value is -3.36. The first-order valence-electron chi connectivity index (χ1n) is 11.0. The van der Waals surface area contributed by atoms with Crippen molar-refractivity contribution in [2.75, 3.05) is 32.8 Å². The van der Waals surface area contributed by atoms with E-state index in [1.54, 1.807) is 29.2 Å². The Labute approximate surface area is 191 Å². The van der Waals surface area contributed by atoms with Crippen LogP contribution < -0.4 is 4.90 Å². The molecule has 4 atom stereocenters. The molecule has 4 aliphatic heterocycles. The predicted molar refractivity (Wildman–Crippen MR) is 115 cm³/mol. The molecule has 33 heavy (non-hydrogen) atoms. The molecular weight excluding hydrogens is 428 g/mol. The van der Waals surface area contributed by atoms with Crippen LogP contribution >= 0.6 is 0 Å². The van der Waals surface area contributed by atoms with Crippen molar-refractivity contribution in [1.82, 2.24) is 4.90 Å². The first kappa shape index (κ1) is 21.5. The SMILES string of the molecule is COC(=O)C1CC23C=CC(=O)N2CCC2(C(=O)OC)c4ccccc4N(C(=O)OC)C12CC3. The van der Waals surface area contributed by atoms with Crippen molar-refractivity contribution in [3.8, 4) is 0 Å². The number of para-hydroxylation sites is 1. The van der Waals surface area contributed by atoms with Gasteiger partial charge in [-0.15, -0.1) is 0 Å². The number of fused-ring (bicyclic) bond motifs is 4. The number of hydrogen-bond acceptors (Lipinski definition) is 7. The highest BCUT2D eigenvalue weighted by Gasteiger charge is 2.76. The van der Waals surface area contributed by atoms with Crippen LogP contribution in [0, 0.1) is 5.92 Å². The van der Waals surface area contributed by atoms with Crippen LogP contribution in [0.2, 0.25) is 0 Å². The molecule has 1 aromatic carbocycles. The highest BCUT2D eigenvalue weighted by molar-refractivity contribution is 6.03. The minimum Gasteiger partial charge on any atom is -0.469 e. The van der Waals surface area contributed by atoms with E-state index in [2.05, 4.69) is 0 Å². The summed E-state index contributed by atoms with van der Waals surface area (Å²) >= 11 is 0. The number of ether oxygens (including phenoxy) is 3. The second kappa shape index (κ2) is 7.07. The fourth-order valence-corrected chi connectivity index (χ4v) is 6.97. The van der Waals surface area contributed by atoms with Gasteiger partial charge in [-0.3, -0.25) is 19.3 Å². The second-order valence-corrected chi connectivity index (χ2v) is 9.10. The molecular formula is C24H26N2O7. The Balaban J connectivity index is 1.87. The first-order chi connectivity index (χ1) is 15.8. The molecule has 3 fully saturated rings. The predicted octanol–water partition coefficient (Wildman–Crippen LogP) is 1.94. The molecule has 1 aliphatic carbocycles. The van der Waals surface area contributed by atoms with Gasteiger partial charge in [0, 0.05) is 12.6 Å². The zero-order chi connectivity index (χ0) is 23.6. The van der Waals surface area contributed by atoms with E-state index in [0.29, 0.717) is 17.7 Å². The van der Waals surface area contributed by atoms with Crippen molar-refractivity contribution in [3.05, 3.63) is 42.0 Å². The highest BCUT2D eigenvalue weighted by atomic mass is 16.5. The quantitative estimate of drug-likeness (QED) is 0.497. The van der Waals surface area contributed by atoms with E-state index >= 15 is 0 Å². The summed E-state index contributed by atoms with van der Waals surface area (Å²) in [4.78, 5) is 56.6. The third kappa shape index (κ3) is 2.37. The average Bonchev–Trinajstić information content (AvgIpc) is 3.25. The minimum atomic E-state index is -1.39. The number of benzene rings is 1. The summed E-state index contributed by atoms with van der Waals surface area (Å²) in [6.45, 7) is 0.278. The van der Waals surface area contributed by atoms with Gasteiger partial charge < -0.3 is 19.1 Å². The molecule has 2 saturated heterocycles. The van der Waals surface area contributed by atoms with Crippen LogP contribution in [0.4, 0.5) is 10.5 Å². The van der Waals surface area contributed by atoms with Gasteiger partial charge in [0.25, 0.3) is 0 Å². The molecule has 9 heteroatoms. The molecule has 2 bridgehead atoms. The number of nitrogens with zero attached hydrogens (tertiary/aromatic N) is 2. The largest absolute Gasteiger partial charge is 0.469 e. The van der Waals surface area contributed by atoms with E-state index in [4.69, 9.17) is 14.2 Å². The van der Waals surface area contributed by atoms with Gasteiger partial charge in [-0.2, -0.15) is 0 Å². The van der Waals surface area contributed by atoms with Crippen molar-refractivity contribution in [3.63, 3.8) is 0 Å². The van der Waals surface area contributed by atoms with Crippen LogP contribution in [0.1, 0.15) is 31.2 Å². The minimum absolute atomic E-state index is 0.149. The summed E-state index contributed by atoms with van der Waals surface area (Å²) in [6.07, 6.45) is 3.89. The maximum atomic E-state index is 13.8. The molecule has 4 heterocycles. The molecule has 6 rings (SSSR count). The Morgan fingerprint density at radius 1 is 1.00 bits per heavy atom. The van der Waals surface area contributed by atoms with E-state index in [9.17, 15) is 19.2 Å². The van der Waals surface area contributed by atoms with Gasteiger partial charge in [0.05, 0.1) is 44.0 Å². The molecule has 1 aromatic rings. The molecule has 9 nitrogen and oxygen atoms in total. The number of anilines is 1. The lowest BCUT2D eigenvalue weighted by Gasteiger charge is -2.60. The summed E-state index contributed by atoms with van der Waals surface area (Å²) in [6, 6.07) is 7.11. The van der Waals surface area contributed by atoms with E-state index in [1.807, 2.05) is 6.08 Å². The third-order valence-corrected chi connectivity index (χ3v) is 8.24.